The average molecular weight is 238 g/mol. The van der Waals surface area contributed by atoms with Gasteiger partial charge in [-0.1, -0.05) is 18.3 Å². The van der Waals surface area contributed by atoms with E-state index in [1.807, 2.05) is 18.2 Å². The Balaban J connectivity index is 2.42. The summed E-state index contributed by atoms with van der Waals surface area (Å²) in [6.45, 7) is 1.95. The number of pyridine rings is 1. The zero-order valence-corrected chi connectivity index (χ0v) is 10.5. The first-order chi connectivity index (χ1) is 7.59. The first-order valence-corrected chi connectivity index (χ1v) is 5.66. The molecule has 0 fully saturated rings. The van der Waals surface area contributed by atoms with E-state index in [0.717, 1.165) is 25.3 Å². The molecule has 0 aliphatic heterocycles. The molecule has 0 spiro atoms. The molecule has 0 saturated carbocycles. The molecule has 3 N–H and O–H groups in total. The monoisotopic (exact) mass is 238 g/mol. The molecule has 1 aromatic heterocycles. The van der Waals surface area contributed by atoms with Crippen LogP contribution in [-0.4, -0.2) is 42.1 Å². The molecule has 0 amide bonds. The van der Waals surface area contributed by atoms with E-state index in [0.29, 0.717) is 10.7 Å². The van der Waals surface area contributed by atoms with Crippen molar-refractivity contribution >= 4 is 23.0 Å². The van der Waals surface area contributed by atoms with E-state index >= 15 is 0 Å². The Morgan fingerprint density at radius 2 is 2.25 bits per heavy atom. The molecular formula is C11H18N4S. The van der Waals surface area contributed by atoms with Gasteiger partial charge in [0.2, 0.25) is 0 Å². The Bertz CT molecular complexity index is 352. The van der Waals surface area contributed by atoms with E-state index in [2.05, 4.69) is 29.3 Å². The summed E-state index contributed by atoms with van der Waals surface area (Å²) in [4.78, 5) is 6.78. The van der Waals surface area contributed by atoms with Gasteiger partial charge >= 0.3 is 0 Å². The summed E-state index contributed by atoms with van der Waals surface area (Å²) in [5, 5.41) is 3.24. The first kappa shape index (κ1) is 12.9. The summed E-state index contributed by atoms with van der Waals surface area (Å²) >= 11 is 4.87. The number of nitrogens with two attached hydrogens (primary N) is 1. The SMILES string of the molecule is CN(C)CCCNc1cccc(C(N)=S)n1. The molecule has 1 aromatic rings. The fourth-order valence-electron chi connectivity index (χ4n) is 1.28. The minimum Gasteiger partial charge on any atom is -0.388 e. The lowest BCUT2D eigenvalue weighted by Crippen LogP contribution is -2.17. The van der Waals surface area contributed by atoms with Crippen molar-refractivity contribution in [2.45, 2.75) is 6.42 Å². The third kappa shape index (κ3) is 4.55. The van der Waals surface area contributed by atoms with Gasteiger partial charge in [-0.05, 0) is 39.2 Å². The third-order valence-electron chi connectivity index (χ3n) is 2.09. The van der Waals surface area contributed by atoms with Gasteiger partial charge in [0.15, 0.2) is 0 Å². The number of aromatic nitrogens is 1. The predicted octanol–water partition coefficient (Wildman–Crippen LogP) is 1.08. The highest BCUT2D eigenvalue weighted by atomic mass is 32.1. The molecule has 1 heterocycles. The summed E-state index contributed by atoms with van der Waals surface area (Å²) in [6.07, 6.45) is 1.08. The minimum atomic E-state index is 0.331. The van der Waals surface area contributed by atoms with Crippen LogP contribution in [0.1, 0.15) is 12.1 Å². The molecular weight excluding hydrogens is 220 g/mol. The van der Waals surface area contributed by atoms with Crippen LogP contribution in [0.2, 0.25) is 0 Å². The molecule has 88 valence electrons. The number of nitrogens with zero attached hydrogens (tertiary/aromatic N) is 2. The second-order valence-corrected chi connectivity index (χ2v) is 4.30. The normalized spacial score (nSPS) is 10.4. The van der Waals surface area contributed by atoms with Crippen molar-refractivity contribution in [2.75, 3.05) is 32.5 Å². The highest BCUT2D eigenvalue weighted by Gasteiger charge is 1.99. The number of hydrogen-bond donors (Lipinski definition) is 2. The van der Waals surface area contributed by atoms with Crippen molar-refractivity contribution in [3.63, 3.8) is 0 Å². The fourth-order valence-corrected chi connectivity index (χ4v) is 1.40. The van der Waals surface area contributed by atoms with Crippen LogP contribution in [0.15, 0.2) is 18.2 Å². The highest BCUT2D eigenvalue weighted by molar-refractivity contribution is 7.80. The van der Waals surface area contributed by atoms with Gasteiger partial charge in [0, 0.05) is 6.54 Å². The van der Waals surface area contributed by atoms with E-state index in [9.17, 15) is 0 Å². The Morgan fingerprint density at radius 1 is 1.50 bits per heavy atom. The molecule has 0 atom stereocenters. The van der Waals surface area contributed by atoms with Crippen molar-refractivity contribution < 1.29 is 0 Å². The molecule has 0 saturated heterocycles. The van der Waals surface area contributed by atoms with E-state index in [4.69, 9.17) is 18.0 Å². The smallest absolute Gasteiger partial charge is 0.126 e. The largest absolute Gasteiger partial charge is 0.388 e. The standard InChI is InChI=1S/C11H18N4S/c1-15(2)8-4-7-13-10-6-3-5-9(14-10)11(12)16/h3,5-6H,4,7-8H2,1-2H3,(H2,12,16)(H,13,14). The lowest BCUT2D eigenvalue weighted by Gasteiger charge is -2.10. The predicted molar refractivity (Wildman–Crippen MR) is 71.8 cm³/mol. The summed E-state index contributed by atoms with van der Waals surface area (Å²) in [5.74, 6) is 0.823. The number of thiocarbonyl (C=S) groups is 1. The summed E-state index contributed by atoms with van der Waals surface area (Å²) in [5.41, 5.74) is 6.17. The minimum absolute atomic E-state index is 0.331. The molecule has 0 unspecified atom stereocenters. The molecule has 16 heavy (non-hydrogen) atoms. The number of hydrogen-bond acceptors (Lipinski definition) is 4. The van der Waals surface area contributed by atoms with Gasteiger partial charge in [0.05, 0.1) is 5.69 Å². The Morgan fingerprint density at radius 3 is 2.88 bits per heavy atom. The number of anilines is 1. The van der Waals surface area contributed by atoms with Crippen LogP contribution < -0.4 is 11.1 Å². The van der Waals surface area contributed by atoms with Gasteiger partial charge < -0.3 is 16.0 Å². The van der Waals surface area contributed by atoms with Gasteiger partial charge in [-0.3, -0.25) is 0 Å². The van der Waals surface area contributed by atoms with Crippen LogP contribution in [0, 0.1) is 0 Å². The molecule has 0 radical (unpaired) electrons. The van der Waals surface area contributed by atoms with Crippen LogP contribution in [-0.2, 0) is 0 Å². The maximum atomic E-state index is 5.51. The Kier molecular flexibility index (Phi) is 5.14. The molecule has 0 aliphatic carbocycles. The third-order valence-corrected chi connectivity index (χ3v) is 2.30. The van der Waals surface area contributed by atoms with E-state index in [1.54, 1.807) is 0 Å². The van der Waals surface area contributed by atoms with E-state index < -0.39 is 0 Å². The average Bonchev–Trinajstić information content (AvgIpc) is 2.24. The van der Waals surface area contributed by atoms with Crippen LogP contribution in [0.4, 0.5) is 5.82 Å². The number of nitrogens with one attached hydrogen (secondary N) is 1. The Labute approximate surface area is 102 Å². The first-order valence-electron chi connectivity index (χ1n) is 5.25. The molecule has 0 bridgehead atoms. The van der Waals surface area contributed by atoms with Crippen molar-refractivity contribution in [1.82, 2.24) is 9.88 Å². The molecule has 0 aromatic carbocycles. The summed E-state index contributed by atoms with van der Waals surface area (Å²) in [7, 11) is 4.12. The zero-order valence-electron chi connectivity index (χ0n) is 9.73. The van der Waals surface area contributed by atoms with Crippen LogP contribution in [0.3, 0.4) is 0 Å². The summed E-state index contributed by atoms with van der Waals surface area (Å²) < 4.78 is 0. The number of rotatable bonds is 6. The molecule has 0 aliphatic rings. The van der Waals surface area contributed by atoms with Crippen molar-refractivity contribution in [3.8, 4) is 0 Å². The van der Waals surface area contributed by atoms with Crippen LogP contribution in [0.5, 0.6) is 0 Å². The summed E-state index contributed by atoms with van der Waals surface area (Å²) in [6, 6.07) is 5.63. The van der Waals surface area contributed by atoms with Gasteiger partial charge in [-0.15, -0.1) is 0 Å². The van der Waals surface area contributed by atoms with Gasteiger partial charge in [0.1, 0.15) is 10.8 Å². The lowest BCUT2D eigenvalue weighted by atomic mass is 10.3. The topological polar surface area (TPSA) is 54.2 Å². The Hall–Kier alpha value is -1.20. The highest BCUT2D eigenvalue weighted by Crippen LogP contribution is 2.04. The quantitative estimate of drug-likeness (QED) is 0.574. The van der Waals surface area contributed by atoms with E-state index in [-0.39, 0.29) is 0 Å². The maximum Gasteiger partial charge on any atom is 0.126 e. The van der Waals surface area contributed by atoms with Gasteiger partial charge in [-0.2, -0.15) is 0 Å². The van der Waals surface area contributed by atoms with Gasteiger partial charge in [-0.25, -0.2) is 4.98 Å². The fraction of sp³-hybridized carbons (Fsp3) is 0.455. The maximum absolute atomic E-state index is 5.51. The zero-order chi connectivity index (χ0) is 12.0. The van der Waals surface area contributed by atoms with Crippen LogP contribution in [0.25, 0.3) is 0 Å². The van der Waals surface area contributed by atoms with E-state index in [1.165, 1.54) is 0 Å². The van der Waals surface area contributed by atoms with Crippen molar-refractivity contribution in [2.24, 2.45) is 5.73 Å². The lowest BCUT2D eigenvalue weighted by molar-refractivity contribution is 0.405. The van der Waals surface area contributed by atoms with Gasteiger partial charge in [0.25, 0.3) is 0 Å². The van der Waals surface area contributed by atoms with Crippen molar-refractivity contribution in [3.05, 3.63) is 23.9 Å². The second-order valence-electron chi connectivity index (χ2n) is 3.86. The second kappa shape index (κ2) is 6.40. The van der Waals surface area contributed by atoms with Crippen molar-refractivity contribution in [1.29, 1.82) is 0 Å². The van der Waals surface area contributed by atoms with Crippen LogP contribution >= 0.6 is 12.2 Å². The molecule has 1 rings (SSSR count). The molecule has 4 nitrogen and oxygen atoms in total. The molecule has 5 heteroatoms.